The standard InChI is InChI=1S/C23H26N4O4/c1-16-4-3-9-27-14-19(25-21(16)27)15-31-20-7-5-18(6-8-20)22(28)24-17(2)23(29)26-10-12-30-13-11-26/h3-9,14,17H,10-13,15H2,1-2H3,(H,24,28). The zero-order chi connectivity index (χ0) is 21.8. The third kappa shape index (κ3) is 4.86. The van der Waals surface area contributed by atoms with E-state index in [9.17, 15) is 9.59 Å². The van der Waals surface area contributed by atoms with Crippen LogP contribution in [0.2, 0.25) is 0 Å². The Bertz CT molecular complexity index is 1070. The van der Waals surface area contributed by atoms with Crippen LogP contribution in [0.1, 0.15) is 28.5 Å². The molecule has 0 radical (unpaired) electrons. The smallest absolute Gasteiger partial charge is 0.251 e. The average molecular weight is 422 g/mol. The van der Waals surface area contributed by atoms with E-state index in [1.807, 2.05) is 35.9 Å². The number of nitrogens with one attached hydrogen (secondary N) is 1. The summed E-state index contributed by atoms with van der Waals surface area (Å²) in [5.41, 5.74) is 3.31. The molecule has 162 valence electrons. The number of nitrogens with zero attached hydrogens (tertiary/aromatic N) is 3. The fourth-order valence-electron chi connectivity index (χ4n) is 3.53. The number of aromatic nitrogens is 2. The van der Waals surface area contributed by atoms with Crippen LogP contribution in [0.4, 0.5) is 0 Å². The first-order valence-electron chi connectivity index (χ1n) is 10.3. The normalized spacial score (nSPS) is 15.0. The molecule has 1 aromatic carbocycles. The minimum atomic E-state index is -0.597. The van der Waals surface area contributed by atoms with Gasteiger partial charge in [-0.2, -0.15) is 0 Å². The highest BCUT2D eigenvalue weighted by atomic mass is 16.5. The molecule has 8 heteroatoms. The first-order valence-corrected chi connectivity index (χ1v) is 10.3. The lowest BCUT2D eigenvalue weighted by atomic mass is 10.2. The highest BCUT2D eigenvalue weighted by Crippen LogP contribution is 2.16. The SMILES string of the molecule is Cc1cccn2cc(COc3ccc(C(=O)NC(C)C(=O)N4CCOCC4)cc3)nc12. The molecular weight excluding hydrogens is 396 g/mol. The van der Waals surface area contributed by atoms with E-state index in [1.54, 1.807) is 36.1 Å². The van der Waals surface area contributed by atoms with Crippen molar-refractivity contribution in [3.05, 3.63) is 65.6 Å². The Hall–Kier alpha value is -3.39. The molecule has 1 fully saturated rings. The van der Waals surface area contributed by atoms with Crippen LogP contribution in [-0.2, 0) is 16.1 Å². The van der Waals surface area contributed by atoms with Gasteiger partial charge >= 0.3 is 0 Å². The van der Waals surface area contributed by atoms with Crippen molar-refractivity contribution in [3.63, 3.8) is 0 Å². The summed E-state index contributed by atoms with van der Waals surface area (Å²) in [7, 11) is 0. The predicted octanol–water partition coefficient (Wildman–Crippen LogP) is 2.20. The molecule has 1 atom stereocenters. The molecule has 0 saturated carbocycles. The minimum Gasteiger partial charge on any atom is -0.487 e. The number of hydrogen-bond donors (Lipinski definition) is 1. The second-order valence-electron chi connectivity index (χ2n) is 7.60. The van der Waals surface area contributed by atoms with E-state index >= 15 is 0 Å². The van der Waals surface area contributed by atoms with Crippen molar-refractivity contribution in [2.75, 3.05) is 26.3 Å². The van der Waals surface area contributed by atoms with Gasteiger partial charge < -0.3 is 24.1 Å². The number of rotatable bonds is 6. The van der Waals surface area contributed by atoms with E-state index in [2.05, 4.69) is 10.3 Å². The molecule has 1 aliphatic rings. The molecule has 3 aromatic rings. The number of carbonyl (C=O) groups is 2. The van der Waals surface area contributed by atoms with Gasteiger partial charge in [-0.1, -0.05) is 6.07 Å². The Balaban J connectivity index is 1.32. The van der Waals surface area contributed by atoms with Crippen molar-refractivity contribution in [1.29, 1.82) is 0 Å². The van der Waals surface area contributed by atoms with Gasteiger partial charge in [0.25, 0.3) is 5.91 Å². The molecule has 1 saturated heterocycles. The number of morpholine rings is 1. The van der Waals surface area contributed by atoms with Gasteiger partial charge in [-0.05, 0) is 49.7 Å². The summed E-state index contributed by atoms with van der Waals surface area (Å²) >= 11 is 0. The Morgan fingerprint density at radius 3 is 2.65 bits per heavy atom. The number of pyridine rings is 1. The van der Waals surface area contributed by atoms with Gasteiger partial charge in [-0.25, -0.2) is 4.98 Å². The van der Waals surface area contributed by atoms with Gasteiger partial charge in [0.15, 0.2) is 0 Å². The Morgan fingerprint density at radius 2 is 1.94 bits per heavy atom. The molecule has 1 aliphatic heterocycles. The lowest BCUT2D eigenvalue weighted by Gasteiger charge is -2.29. The topological polar surface area (TPSA) is 85.2 Å². The van der Waals surface area contributed by atoms with Gasteiger partial charge in [0.2, 0.25) is 5.91 Å². The van der Waals surface area contributed by atoms with E-state index in [0.29, 0.717) is 44.2 Å². The van der Waals surface area contributed by atoms with Crippen molar-refractivity contribution in [2.45, 2.75) is 26.5 Å². The third-order valence-electron chi connectivity index (χ3n) is 5.27. The fraction of sp³-hybridized carbons (Fsp3) is 0.348. The van der Waals surface area contributed by atoms with Gasteiger partial charge in [0.05, 0.1) is 18.9 Å². The van der Waals surface area contributed by atoms with Gasteiger partial charge in [0, 0.05) is 31.0 Å². The van der Waals surface area contributed by atoms with Crippen molar-refractivity contribution < 1.29 is 19.1 Å². The highest BCUT2D eigenvalue weighted by Gasteiger charge is 2.24. The second kappa shape index (κ2) is 9.18. The lowest BCUT2D eigenvalue weighted by molar-refractivity contribution is -0.136. The zero-order valence-corrected chi connectivity index (χ0v) is 17.7. The van der Waals surface area contributed by atoms with E-state index in [4.69, 9.17) is 9.47 Å². The predicted molar refractivity (Wildman–Crippen MR) is 115 cm³/mol. The maximum absolute atomic E-state index is 12.5. The number of benzene rings is 1. The molecule has 2 aromatic heterocycles. The van der Waals surface area contributed by atoms with Crippen molar-refractivity contribution in [1.82, 2.24) is 19.6 Å². The molecule has 1 unspecified atom stereocenters. The summed E-state index contributed by atoms with van der Waals surface area (Å²) in [5, 5.41) is 2.77. The third-order valence-corrected chi connectivity index (χ3v) is 5.27. The molecule has 0 bridgehead atoms. The Kier molecular flexibility index (Phi) is 6.18. The second-order valence-corrected chi connectivity index (χ2v) is 7.60. The van der Waals surface area contributed by atoms with E-state index in [0.717, 1.165) is 16.9 Å². The number of hydrogen-bond acceptors (Lipinski definition) is 5. The van der Waals surface area contributed by atoms with Gasteiger partial charge in [-0.3, -0.25) is 9.59 Å². The molecular formula is C23H26N4O4. The maximum Gasteiger partial charge on any atom is 0.251 e. The molecule has 0 spiro atoms. The largest absolute Gasteiger partial charge is 0.487 e. The summed E-state index contributed by atoms with van der Waals surface area (Å²) < 4.78 is 13.0. The van der Waals surface area contributed by atoms with Crippen LogP contribution in [0.5, 0.6) is 5.75 Å². The van der Waals surface area contributed by atoms with Crippen molar-refractivity contribution in [3.8, 4) is 5.75 Å². The minimum absolute atomic E-state index is 0.0979. The Morgan fingerprint density at radius 1 is 1.19 bits per heavy atom. The number of imidazole rings is 1. The van der Waals surface area contributed by atoms with Crippen LogP contribution < -0.4 is 10.1 Å². The molecule has 0 aliphatic carbocycles. The summed E-state index contributed by atoms with van der Waals surface area (Å²) in [6.45, 7) is 6.21. The lowest BCUT2D eigenvalue weighted by Crippen LogP contribution is -2.50. The Labute approximate surface area is 180 Å². The van der Waals surface area contributed by atoms with Crippen molar-refractivity contribution >= 4 is 17.5 Å². The number of amides is 2. The molecule has 4 rings (SSSR count). The first-order chi connectivity index (χ1) is 15.0. The monoisotopic (exact) mass is 422 g/mol. The van der Waals surface area contributed by atoms with Crippen LogP contribution >= 0.6 is 0 Å². The van der Waals surface area contributed by atoms with Gasteiger partial charge in [0.1, 0.15) is 24.0 Å². The summed E-state index contributed by atoms with van der Waals surface area (Å²) in [6.07, 6.45) is 3.90. The number of carbonyl (C=O) groups excluding carboxylic acids is 2. The van der Waals surface area contributed by atoms with Crippen LogP contribution in [0, 0.1) is 6.92 Å². The van der Waals surface area contributed by atoms with E-state index in [-0.39, 0.29) is 11.8 Å². The summed E-state index contributed by atoms with van der Waals surface area (Å²) in [6, 6.07) is 10.3. The molecule has 2 amide bonds. The van der Waals surface area contributed by atoms with Crippen LogP contribution in [-0.4, -0.2) is 58.4 Å². The zero-order valence-electron chi connectivity index (χ0n) is 17.7. The number of fused-ring (bicyclic) bond motifs is 1. The molecule has 3 heterocycles. The quantitative estimate of drug-likeness (QED) is 0.658. The first kappa shape index (κ1) is 20.9. The van der Waals surface area contributed by atoms with Crippen molar-refractivity contribution in [2.24, 2.45) is 0 Å². The summed E-state index contributed by atoms with van der Waals surface area (Å²) in [5.74, 6) is 0.249. The fourth-order valence-corrected chi connectivity index (χ4v) is 3.53. The van der Waals surface area contributed by atoms with Crippen LogP contribution in [0.25, 0.3) is 5.65 Å². The molecule has 1 N–H and O–H groups in total. The highest BCUT2D eigenvalue weighted by molar-refractivity contribution is 5.97. The van der Waals surface area contributed by atoms with Gasteiger partial charge in [-0.15, -0.1) is 0 Å². The number of ether oxygens (including phenoxy) is 2. The maximum atomic E-state index is 12.5. The average Bonchev–Trinajstić information content (AvgIpc) is 3.22. The molecule has 8 nitrogen and oxygen atoms in total. The van der Waals surface area contributed by atoms with Crippen LogP contribution in [0.15, 0.2) is 48.8 Å². The van der Waals surface area contributed by atoms with E-state index in [1.165, 1.54) is 0 Å². The number of aryl methyl sites for hydroxylation is 1. The molecule has 31 heavy (non-hydrogen) atoms. The van der Waals surface area contributed by atoms with E-state index < -0.39 is 6.04 Å². The van der Waals surface area contributed by atoms with Crippen LogP contribution in [0.3, 0.4) is 0 Å². The summed E-state index contributed by atoms with van der Waals surface area (Å²) in [4.78, 5) is 31.3.